The number of methoxy groups -OCH3 is 1. The van der Waals surface area contributed by atoms with Crippen LogP contribution in [-0.2, 0) is 20.3 Å². The van der Waals surface area contributed by atoms with Gasteiger partial charge in [0.15, 0.2) is 4.34 Å². The standard InChI is InChI=1S/C12H16N2O3S2/c1-16-4-5-17-6-7-19(15)12-14-10-3-2-9(13)8-11(10)18-12/h2-3,8H,4-7,13H2,1H3. The first-order valence-electron chi connectivity index (χ1n) is 5.82. The molecule has 0 amide bonds. The molecule has 0 fully saturated rings. The van der Waals surface area contributed by atoms with Crippen molar-refractivity contribution in [3.63, 3.8) is 0 Å². The van der Waals surface area contributed by atoms with Gasteiger partial charge in [0.1, 0.15) is 0 Å². The van der Waals surface area contributed by atoms with Crippen molar-refractivity contribution in [1.82, 2.24) is 4.98 Å². The first-order chi connectivity index (χ1) is 9.20. The minimum Gasteiger partial charge on any atom is -0.399 e. The summed E-state index contributed by atoms with van der Waals surface area (Å²) in [5.41, 5.74) is 7.23. The summed E-state index contributed by atoms with van der Waals surface area (Å²) in [6.07, 6.45) is 0. The zero-order chi connectivity index (χ0) is 13.7. The van der Waals surface area contributed by atoms with Crippen LogP contribution < -0.4 is 5.73 Å². The molecular weight excluding hydrogens is 284 g/mol. The Morgan fingerprint density at radius 3 is 3.00 bits per heavy atom. The first-order valence-corrected chi connectivity index (χ1v) is 7.95. The van der Waals surface area contributed by atoms with Gasteiger partial charge >= 0.3 is 0 Å². The molecule has 0 saturated heterocycles. The predicted molar refractivity (Wildman–Crippen MR) is 78.0 cm³/mol. The Hall–Kier alpha value is -1.02. The summed E-state index contributed by atoms with van der Waals surface area (Å²) in [5, 5.41) is 0. The average molecular weight is 300 g/mol. The summed E-state index contributed by atoms with van der Waals surface area (Å²) in [4.78, 5) is 4.35. The molecule has 0 aliphatic heterocycles. The van der Waals surface area contributed by atoms with Gasteiger partial charge in [0.2, 0.25) is 0 Å². The van der Waals surface area contributed by atoms with E-state index >= 15 is 0 Å². The Kier molecular flexibility index (Phi) is 5.26. The van der Waals surface area contributed by atoms with Crippen molar-refractivity contribution < 1.29 is 13.7 Å². The third kappa shape index (κ3) is 3.97. The number of hydrogen-bond donors (Lipinski definition) is 1. The smallest absolute Gasteiger partial charge is 0.181 e. The summed E-state index contributed by atoms with van der Waals surface area (Å²) in [6.45, 7) is 1.51. The second-order valence-corrected chi connectivity index (χ2v) is 6.64. The molecule has 1 aromatic carbocycles. The Morgan fingerprint density at radius 2 is 2.21 bits per heavy atom. The number of fused-ring (bicyclic) bond motifs is 1. The van der Waals surface area contributed by atoms with Crippen LogP contribution in [0.15, 0.2) is 22.5 Å². The normalized spacial score (nSPS) is 12.9. The Bertz CT molecular complexity index is 571. The van der Waals surface area contributed by atoms with Crippen molar-refractivity contribution in [2.24, 2.45) is 0 Å². The van der Waals surface area contributed by atoms with Crippen molar-refractivity contribution in [2.45, 2.75) is 4.34 Å². The maximum absolute atomic E-state index is 12.0. The fourth-order valence-corrected chi connectivity index (χ4v) is 3.76. The van der Waals surface area contributed by atoms with Crippen molar-refractivity contribution in [3.05, 3.63) is 18.2 Å². The largest absolute Gasteiger partial charge is 0.399 e. The van der Waals surface area contributed by atoms with Crippen molar-refractivity contribution in [2.75, 3.05) is 38.4 Å². The van der Waals surface area contributed by atoms with E-state index in [2.05, 4.69) is 4.98 Å². The molecule has 0 saturated carbocycles. The monoisotopic (exact) mass is 300 g/mol. The van der Waals surface area contributed by atoms with Gasteiger partial charge < -0.3 is 15.2 Å². The Morgan fingerprint density at radius 1 is 1.37 bits per heavy atom. The van der Waals surface area contributed by atoms with Crippen LogP contribution in [0.25, 0.3) is 10.2 Å². The zero-order valence-electron chi connectivity index (χ0n) is 10.6. The van der Waals surface area contributed by atoms with Crippen LogP contribution in [-0.4, -0.2) is 41.9 Å². The van der Waals surface area contributed by atoms with Gasteiger partial charge in [0.25, 0.3) is 0 Å². The number of nitrogens with zero attached hydrogens (tertiary/aromatic N) is 1. The van der Waals surface area contributed by atoms with E-state index in [1.54, 1.807) is 13.2 Å². The quantitative estimate of drug-likeness (QED) is 0.621. The van der Waals surface area contributed by atoms with Crippen molar-refractivity contribution in [1.29, 1.82) is 0 Å². The number of nitrogens with two attached hydrogens (primary N) is 1. The third-order valence-electron chi connectivity index (χ3n) is 2.43. The molecule has 1 heterocycles. The highest BCUT2D eigenvalue weighted by atomic mass is 32.2. The first kappa shape index (κ1) is 14.4. The number of nitrogen functional groups attached to an aromatic ring is 1. The number of aromatic nitrogens is 1. The molecule has 1 aromatic heterocycles. The molecule has 0 radical (unpaired) electrons. The van der Waals surface area contributed by atoms with E-state index in [9.17, 15) is 4.21 Å². The number of thiazole rings is 1. The fraction of sp³-hybridized carbons (Fsp3) is 0.417. The number of benzene rings is 1. The van der Waals surface area contributed by atoms with E-state index < -0.39 is 10.8 Å². The Labute approximate surface area is 118 Å². The van der Waals surface area contributed by atoms with Gasteiger partial charge in [-0.25, -0.2) is 4.98 Å². The van der Waals surface area contributed by atoms with E-state index in [0.29, 0.717) is 35.6 Å². The van der Waals surface area contributed by atoms with Gasteiger partial charge in [-0.1, -0.05) is 0 Å². The lowest BCUT2D eigenvalue weighted by atomic mass is 10.3. The molecule has 104 valence electrons. The minimum atomic E-state index is -1.13. The molecule has 1 unspecified atom stereocenters. The zero-order valence-corrected chi connectivity index (χ0v) is 12.3. The topological polar surface area (TPSA) is 74.4 Å². The van der Waals surface area contributed by atoms with E-state index in [0.717, 1.165) is 10.2 Å². The average Bonchev–Trinajstić information content (AvgIpc) is 2.81. The third-order valence-corrected chi connectivity index (χ3v) is 5.07. The molecule has 0 bridgehead atoms. The lowest BCUT2D eigenvalue weighted by molar-refractivity contribution is 0.0787. The lowest BCUT2D eigenvalue weighted by Gasteiger charge is -2.01. The SMILES string of the molecule is COCCOCCS(=O)c1nc2ccc(N)cc2s1. The van der Waals surface area contributed by atoms with Crippen molar-refractivity contribution >= 4 is 38.0 Å². The molecule has 0 aliphatic carbocycles. The summed E-state index contributed by atoms with van der Waals surface area (Å²) in [7, 11) is 0.492. The molecule has 1 atom stereocenters. The summed E-state index contributed by atoms with van der Waals surface area (Å²) in [5.74, 6) is 0.443. The van der Waals surface area contributed by atoms with Gasteiger partial charge in [0, 0.05) is 12.8 Å². The van der Waals surface area contributed by atoms with Crippen molar-refractivity contribution in [3.8, 4) is 0 Å². The predicted octanol–water partition coefficient (Wildman–Crippen LogP) is 1.65. The van der Waals surface area contributed by atoms with Gasteiger partial charge in [-0.3, -0.25) is 4.21 Å². The molecule has 7 heteroatoms. The molecule has 2 N–H and O–H groups in total. The molecule has 19 heavy (non-hydrogen) atoms. The Balaban J connectivity index is 1.94. The van der Waals surface area contributed by atoms with Crippen LogP contribution in [0.4, 0.5) is 5.69 Å². The fourth-order valence-electron chi connectivity index (χ4n) is 1.48. The molecule has 0 aliphatic rings. The van der Waals surface area contributed by atoms with Crippen LogP contribution in [0, 0.1) is 0 Å². The summed E-state index contributed by atoms with van der Waals surface area (Å²) < 4.78 is 23.8. The number of rotatable bonds is 7. The van der Waals surface area contributed by atoms with E-state index in [-0.39, 0.29) is 0 Å². The van der Waals surface area contributed by atoms with E-state index in [4.69, 9.17) is 15.2 Å². The highest BCUT2D eigenvalue weighted by molar-refractivity contribution is 7.87. The van der Waals surface area contributed by atoms with Gasteiger partial charge in [-0.2, -0.15) is 0 Å². The molecule has 0 spiro atoms. The molecule has 5 nitrogen and oxygen atoms in total. The highest BCUT2D eigenvalue weighted by Crippen LogP contribution is 2.26. The molecular formula is C12H16N2O3S2. The van der Waals surface area contributed by atoms with Crippen LogP contribution >= 0.6 is 11.3 Å². The van der Waals surface area contributed by atoms with Gasteiger partial charge in [-0.05, 0) is 18.2 Å². The maximum Gasteiger partial charge on any atom is 0.181 e. The summed E-state index contributed by atoms with van der Waals surface area (Å²) >= 11 is 1.42. The van der Waals surface area contributed by atoms with Crippen LogP contribution in [0.3, 0.4) is 0 Å². The highest BCUT2D eigenvalue weighted by Gasteiger charge is 2.10. The van der Waals surface area contributed by atoms with Gasteiger partial charge in [0.05, 0.1) is 46.6 Å². The van der Waals surface area contributed by atoms with Crippen LogP contribution in [0.2, 0.25) is 0 Å². The van der Waals surface area contributed by atoms with Crippen LogP contribution in [0.1, 0.15) is 0 Å². The second-order valence-electron chi connectivity index (χ2n) is 3.86. The lowest BCUT2D eigenvalue weighted by Crippen LogP contribution is -2.09. The maximum atomic E-state index is 12.0. The second kappa shape index (κ2) is 6.95. The number of anilines is 1. The summed E-state index contributed by atoms with van der Waals surface area (Å²) in [6, 6.07) is 5.49. The van der Waals surface area contributed by atoms with E-state index in [1.807, 2.05) is 12.1 Å². The number of hydrogen-bond acceptors (Lipinski definition) is 6. The van der Waals surface area contributed by atoms with Crippen LogP contribution in [0.5, 0.6) is 0 Å². The molecule has 2 aromatic rings. The molecule has 2 rings (SSSR count). The van der Waals surface area contributed by atoms with Gasteiger partial charge in [-0.15, -0.1) is 11.3 Å². The van der Waals surface area contributed by atoms with E-state index in [1.165, 1.54) is 11.3 Å². The number of ether oxygens (including phenoxy) is 2. The minimum absolute atomic E-state index is 0.439.